The summed E-state index contributed by atoms with van der Waals surface area (Å²) in [6.45, 7) is 0.668. The van der Waals surface area contributed by atoms with Gasteiger partial charge in [0.2, 0.25) is 0 Å². The van der Waals surface area contributed by atoms with Crippen molar-refractivity contribution in [1.29, 1.82) is 0 Å². The standard InChI is InChI=1S/C12H16N4/c13-7-12(4-1-5-12)11-8-6-15-16-10(8)3-2-9(11)14/h2-3,6H,1,4-5,7,13-14H2,(H,15,16). The van der Waals surface area contributed by atoms with Crippen LogP contribution in [0, 0.1) is 0 Å². The van der Waals surface area contributed by atoms with Gasteiger partial charge >= 0.3 is 0 Å². The number of hydrogen-bond donors (Lipinski definition) is 3. The fraction of sp³-hybridized carbons (Fsp3) is 0.417. The van der Waals surface area contributed by atoms with Gasteiger partial charge in [-0.1, -0.05) is 6.42 Å². The minimum absolute atomic E-state index is 0.0907. The average molecular weight is 216 g/mol. The highest BCUT2D eigenvalue weighted by Crippen LogP contribution is 2.47. The number of aromatic amines is 1. The number of H-pyrrole nitrogens is 1. The van der Waals surface area contributed by atoms with Crippen LogP contribution in [0.2, 0.25) is 0 Å². The molecular weight excluding hydrogens is 200 g/mol. The smallest absolute Gasteiger partial charge is 0.0654 e. The molecule has 0 spiro atoms. The van der Waals surface area contributed by atoms with E-state index in [1.807, 2.05) is 18.3 Å². The van der Waals surface area contributed by atoms with Gasteiger partial charge in [0.25, 0.3) is 0 Å². The van der Waals surface area contributed by atoms with Gasteiger partial charge in [-0.25, -0.2) is 0 Å². The van der Waals surface area contributed by atoms with Gasteiger partial charge in [0.05, 0.1) is 11.7 Å². The molecule has 2 aromatic rings. The lowest BCUT2D eigenvalue weighted by molar-refractivity contribution is 0.256. The van der Waals surface area contributed by atoms with E-state index in [1.54, 1.807) is 0 Å². The summed E-state index contributed by atoms with van der Waals surface area (Å²) in [7, 11) is 0. The summed E-state index contributed by atoms with van der Waals surface area (Å²) < 4.78 is 0. The van der Waals surface area contributed by atoms with E-state index in [2.05, 4.69) is 10.2 Å². The van der Waals surface area contributed by atoms with Gasteiger partial charge in [0.15, 0.2) is 0 Å². The molecule has 1 heterocycles. The maximum absolute atomic E-state index is 6.12. The van der Waals surface area contributed by atoms with E-state index in [9.17, 15) is 0 Å². The van der Waals surface area contributed by atoms with Crippen molar-refractivity contribution in [2.45, 2.75) is 24.7 Å². The second-order valence-corrected chi connectivity index (χ2v) is 4.70. The third-order valence-electron chi connectivity index (χ3n) is 3.89. The van der Waals surface area contributed by atoms with Gasteiger partial charge in [-0.2, -0.15) is 5.10 Å². The van der Waals surface area contributed by atoms with Gasteiger partial charge in [-0.15, -0.1) is 0 Å². The van der Waals surface area contributed by atoms with Gasteiger partial charge < -0.3 is 11.5 Å². The first-order chi connectivity index (χ1) is 7.77. The first-order valence-corrected chi connectivity index (χ1v) is 5.69. The Balaban J connectivity index is 2.28. The number of aromatic nitrogens is 2. The lowest BCUT2D eigenvalue weighted by Gasteiger charge is -2.42. The molecule has 0 atom stereocenters. The summed E-state index contributed by atoms with van der Waals surface area (Å²) in [5.74, 6) is 0. The van der Waals surface area contributed by atoms with Crippen LogP contribution in [-0.2, 0) is 5.41 Å². The molecule has 1 aromatic heterocycles. The van der Waals surface area contributed by atoms with Crippen LogP contribution in [0.3, 0.4) is 0 Å². The molecule has 4 nitrogen and oxygen atoms in total. The fourth-order valence-electron chi connectivity index (χ4n) is 2.79. The molecule has 1 fully saturated rings. The van der Waals surface area contributed by atoms with Crippen molar-refractivity contribution in [3.8, 4) is 0 Å². The molecule has 0 unspecified atom stereocenters. The molecule has 1 aliphatic rings. The Hall–Kier alpha value is -1.55. The van der Waals surface area contributed by atoms with E-state index in [0.717, 1.165) is 29.4 Å². The molecule has 4 heteroatoms. The molecular formula is C12H16N4. The Bertz CT molecular complexity index is 519. The van der Waals surface area contributed by atoms with Crippen molar-refractivity contribution in [2.75, 3.05) is 12.3 Å². The van der Waals surface area contributed by atoms with Gasteiger partial charge in [-0.3, -0.25) is 5.10 Å². The maximum Gasteiger partial charge on any atom is 0.0654 e. The number of anilines is 1. The monoisotopic (exact) mass is 216 g/mol. The van der Waals surface area contributed by atoms with Crippen molar-refractivity contribution < 1.29 is 0 Å². The predicted octanol–water partition coefficient (Wildman–Crippen LogP) is 1.53. The number of nitrogens with zero attached hydrogens (tertiary/aromatic N) is 1. The van der Waals surface area contributed by atoms with Gasteiger partial charge in [0.1, 0.15) is 0 Å². The van der Waals surface area contributed by atoms with Crippen LogP contribution in [0.15, 0.2) is 18.3 Å². The molecule has 0 bridgehead atoms. The zero-order valence-corrected chi connectivity index (χ0v) is 9.16. The van der Waals surface area contributed by atoms with Crippen LogP contribution in [0.4, 0.5) is 5.69 Å². The minimum atomic E-state index is 0.0907. The Morgan fingerprint density at radius 3 is 2.81 bits per heavy atom. The van der Waals surface area contributed by atoms with E-state index in [4.69, 9.17) is 11.5 Å². The number of benzene rings is 1. The molecule has 1 saturated carbocycles. The topological polar surface area (TPSA) is 80.7 Å². The normalized spacial score (nSPS) is 18.6. The summed E-state index contributed by atoms with van der Waals surface area (Å²) in [6.07, 6.45) is 5.37. The lowest BCUT2D eigenvalue weighted by Crippen LogP contribution is -2.42. The zero-order valence-electron chi connectivity index (χ0n) is 9.16. The molecule has 0 saturated heterocycles. The molecule has 3 rings (SSSR count). The number of nitrogens with two attached hydrogens (primary N) is 2. The number of nitrogen functional groups attached to an aromatic ring is 1. The first-order valence-electron chi connectivity index (χ1n) is 5.69. The molecule has 0 amide bonds. The Morgan fingerprint density at radius 1 is 1.38 bits per heavy atom. The largest absolute Gasteiger partial charge is 0.398 e. The van der Waals surface area contributed by atoms with E-state index in [-0.39, 0.29) is 5.41 Å². The van der Waals surface area contributed by atoms with Gasteiger partial charge in [-0.05, 0) is 30.5 Å². The van der Waals surface area contributed by atoms with Gasteiger partial charge in [0, 0.05) is 23.0 Å². The van der Waals surface area contributed by atoms with Crippen molar-refractivity contribution in [3.05, 3.63) is 23.9 Å². The van der Waals surface area contributed by atoms with Crippen LogP contribution < -0.4 is 11.5 Å². The van der Waals surface area contributed by atoms with Crippen molar-refractivity contribution in [2.24, 2.45) is 5.73 Å². The maximum atomic E-state index is 6.12. The molecule has 1 aromatic carbocycles. The second kappa shape index (κ2) is 3.22. The number of rotatable bonds is 2. The SMILES string of the molecule is NCC1(c2c(N)ccc3[nH]ncc23)CCC1. The Kier molecular flexibility index (Phi) is 1.94. The van der Waals surface area contributed by atoms with E-state index in [1.165, 1.54) is 12.0 Å². The van der Waals surface area contributed by atoms with Crippen molar-refractivity contribution in [1.82, 2.24) is 10.2 Å². The Morgan fingerprint density at radius 2 is 2.19 bits per heavy atom. The summed E-state index contributed by atoms with van der Waals surface area (Å²) in [5.41, 5.74) is 15.2. The number of fused-ring (bicyclic) bond motifs is 1. The number of hydrogen-bond acceptors (Lipinski definition) is 3. The highest BCUT2D eigenvalue weighted by molar-refractivity contribution is 5.88. The number of nitrogens with one attached hydrogen (secondary N) is 1. The highest BCUT2D eigenvalue weighted by Gasteiger charge is 2.40. The summed E-state index contributed by atoms with van der Waals surface area (Å²) in [4.78, 5) is 0. The van der Waals surface area contributed by atoms with E-state index >= 15 is 0 Å². The van der Waals surface area contributed by atoms with Crippen LogP contribution in [-0.4, -0.2) is 16.7 Å². The highest BCUT2D eigenvalue weighted by atomic mass is 15.1. The fourth-order valence-corrected chi connectivity index (χ4v) is 2.79. The zero-order chi connectivity index (χ0) is 11.2. The van der Waals surface area contributed by atoms with Crippen LogP contribution in [0.5, 0.6) is 0 Å². The van der Waals surface area contributed by atoms with E-state index in [0.29, 0.717) is 6.54 Å². The summed E-state index contributed by atoms with van der Waals surface area (Å²) in [5, 5.41) is 8.20. The van der Waals surface area contributed by atoms with Crippen LogP contribution in [0.1, 0.15) is 24.8 Å². The van der Waals surface area contributed by atoms with Crippen LogP contribution in [0.25, 0.3) is 10.9 Å². The van der Waals surface area contributed by atoms with E-state index < -0.39 is 0 Å². The van der Waals surface area contributed by atoms with Crippen molar-refractivity contribution >= 4 is 16.6 Å². The predicted molar refractivity (Wildman–Crippen MR) is 65.1 cm³/mol. The second-order valence-electron chi connectivity index (χ2n) is 4.70. The molecule has 84 valence electrons. The Labute approximate surface area is 94.0 Å². The summed E-state index contributed by atoms with van der Waals surface area (Å²) >= 11 is 0. The third-order valence-corrected chi connectivity index (χ3v) is 3.89. The first kappa shape index (κ1) is 9.66. The summed E-state index contributed by atoms with van der Waals surface area (Å²) in [6, 6.07) is 3.93. The average Bonchev–Trinajstić information content (AvgIpc) is 2.68. The molecule has 5 N–H and O–H groups in total. The minimum Gasteiger partial charge on any atom is -0.398 e. The molecule has 0 aliphatic heterocycles. The third kappa shape index (κ3) is 1.10. The van der Waals surface area contributed by atoms with Crippen LogP contribution >= 0.6 is 0 Å². The molecule has 0 radical (unpaired) electrons. The molecule has 1 aliphatic carbocycles. The quantitative estimate of drug-likeness (QED) is 0.666. The lowest BCUT2D eigenvalue weighted by atomic mass is 9.63. The van der Waals surface area contributed by atoms with Crippen molar-refractivity contribution in [3.63, 3.8) is 0 Å². The molecule has 16 heavy (non-hydrogen) atoms.